The fourth-order valence-electron chi connectivity index (χ4n) is 1.63. The molecular formula is C12H13FO4. The minimum atomic E-state index is -0.997. The minimum Gasteiger partial charge on any atom is -0.490 e. The van der Waals surface area contributed by atoms with E-state index in [1.807, 2.05) is 0 Å². The van der Waals surface area contributed by atoms with Gasteiger partial charge in [0.2, 0.25) is 5.79 Å². The molecule has 0 saturated heterocycles. The van der Waals surface area contributed by atoms with E-state index in [9.17, 15) is 9.18 Å². The van der Waals surface area contributed by atoms with Crippen molar-refractivity contribution in [3.8, 4) is 11.5 Å². The van der Waals surface area contributed by atoms with Gasteiger partial charge in [-0.2, -0.15) is 0 Å². The van der Waals surface area contributed by atoms with Crippen molar-refractivity contribution in [2.75, 3.05) is 13.3 Å². The lowest BCUT2D eigenvalue weighted by Crippen LogP contribution is -2.39. The van der Waals surface area contributed by atoms with Crippen LogP contribution in [-0.4, -0.2) is 25.0 Å². The Morgan fingerprint density at radius 2 is 2.12 bits per heavy atom. The SMILES string of the molecule is CC1(C)OC(=O)c2c(OCCF)cccc2O1. The molecular weight excluding hydrogens is 227 g/mol. The molecule has 17 heavy (non-hydrogen) atoms. The van der Waals surface area contributed by atoms with Gasteiger partial charge in [0, 0.05) is 13.8 Å². The zero-order chi connectivity index (χ0) is 12.5. The first-order valence-corrected chi connectivity index (χ1v) is 5.27. The van der Waals surface area contributed by atoms with Crippen LogP contribution in [0.2, 0.25) is 0 Å². The highest BCUT2D eigenvalue weighted by atomic mass is 19.1. The highest BCUT2D eigenvalue weighted by Gasteiger charge is 2.35. The standard InChI is InChI=1S/C12H13FO4/c1-12(2)16-9-5-3-4-8(15-7-6-13)10(9)11(14)17-12/h3-5H,6-7H2,1-2H3. The molecule has 92 valence electrons. The maximum absolute atomic E-state index is 12.1. The number of hydrogen-bond donors (Lipinski definition) is 0. The quantitative estimate of drug-likeness (QED) is 0.760. The molecule has 0 bridgehead atoms. The number of benzene rings is 1. The summed E-state index contributed by atoms with van der Waals surface area (Å²) in [5.41, 5.74) is 0.209. The van der Waals surface area contributed by atoms with E-state index in [1.54, 1.807) is 32.0 Å². The van der Waals surface area contributed by atoms with Gasteiger partial charge in [-0.15, -0.1) is 0 Å². The van der Waals surface area contributed by atoms with E-state index >= 15 is 0 Å². The molecule has 0 spiro atoms. The average molecular weight is 240 g/mol. The molecule has 0 aromatic heterocycles. The molecule has 4 nitrogen and oxygen atoms in total. The number of ether oxygens (including phenoxy) is 3. The van der Waals surface area contributed by atoms with Crippen molar-refractivity contribution in [1.29, 1.82) is 0 Å². The van der Waals surface area contributed by atoms with E-state index in [2.05, 4.69) is 0 Å². The van der Waals surface area contributed by atoms with E-state index in [1.165, 1.54) is 0 Å². The second-order valence-corrected chi connectivity index (χ2v) is 4.06. The normalized spacial score (nSPS) is 16.8. The Labute approximate surface area is 98.3 Å². The summed E-state index contributed by atoms with van der Waals surface area (Å²) in [7, 11) is 0. The van der Waals surface area contributed by atoms with Crippen LogP contribution in [0.15, 0.2) is 18.2 Å². The van der Waals surface area contributed by atoms with E-state index in [0.717, 1.165) is 0 Å². The van der Waals surface area contributed by atoms with Crippen molar-refractivity contribution in [3.63, 3.8) is 0 Å². The Bertz CT molecular complexity index is 442. The first-order valence-electron chi connectivity index (χ1n) is 5.27. The van der Waals surface area contributed by atoms with Crippen molar-refractivity contribution in [3.05, 3.63) is 23.8 Å². The maximum Gasteiger partial charge on any atom is 0.349 e. The van der Waals surface area contributed by atoms with Crippen LogP contribution in [0.1, 0.15) is 24.2 Å². The highest BCUT2D eigenvalue weighted by molar-refractivity contribution is 5.96. The van der Waals surface area contributed by atoms with Crippen molar-refractivity contribution < 1.29 is 23.4 Å². The smallest absolute Gasteiger partial charge is 0.349 e. The number of rotatable bonds is 3. The third-order valence-corrected chi connectivity index (χ3v) is 2.22. The molecule has 1 aliphatic heterocycles. The highest BCUT2D eigenvalue weighted by Crippen LogP contribution is 2.36. The topological polar surface area (TPSA) is 44.8 Å². The summed E-state index contributed by atoms with van der Waals surface area (Å²) in [4.78, 5) is 11.8. The van der Waals surface area contributed by atoms with Gasteiger partial charge in [-0.05, 0) is 12.1 Å². The van der Waals surface area contributed by atoms with Crippen LogP contribution in [0, 0.1) is 0 Å². The summed E-state index contributed by atoms with van der Waals surface area (Å²) in [5, 5.41) is 0. The molecule has 0 radical (unpaired) electrons. The molecule has 0 atom stereocenters. The van der Waals surface area contributed by atoms with Crippen molar-refractivity contribution in [2.45, 2.75) is 19.6 Å². The largest absolute Gasteiger partial charge is 0.490 e. The number of carbonyl (C=O) groups excluding carboxylic acids is 1. The minimum absolute atomic E-state index is 0.104. The fraction of sp³-hybridized carbons (Fsp3) is 0.417. The molecule has 2 rings (SSSR count). The van der Waals surface area contributed by atoms with Crippen LogP contribution in [0.25, 0.3) is 0 Å². The van der Waals surface area contributed by atoms with Gasteiger partial charge in [-0.3, -0.25) is 0 Å². The predicted octanol–water partition coefficient (Wildman–Crippen LogP) is 2.32. The Morgan fingerprint density at radius 1 is 1.35 bits per heavy atom. The lowest BCUT2D eigenvalue weighted by atomic mass is 10.1. The van der Waals surface area contributed by atoms with Gasteiger partial charge >= 0.3 is 5.97 Å². The summed E-state index contributed by atoms with van der Waals surface area (Å²) < 4.78 is 27.8. The number of cyclic esters (lactones) is 1. The number of esters is 1. The third kappa shape index (κ3) is 2.33. The van der Waals surface area contributed by atoms with Crippen molar-refractivity contribution in [1.82, 2.24) is 0 Å². The monoisotopic (exact) mass is 240 g/mol. The summed E-state index contributed by atoms with van der Waals surface area (Å²) in [6.45, 7) is 2.56. The summed E-state index contributed by atoms with van der Waals surface area (Å²) >= 11 is 0. The first kappa shape index (κ1) is 11.7. The van der Waals surface area contributed by atoms with Crippen molar-refractivity contribution in [2.24, 2.45) is 0 Å². The van der Waals surface area contributed by atoms with Gasteiger partial charge < -0.3 is 14.2 Å². The second kappa shape index (κ2) is 4.24. The number of carbonyl (C=O) groups is 1. The summed E-state index contributed by atoms with van der Waals surface area (Å²) in [5.74, 6) is -0.850. The molecule has 0 aliphatic carbocycles. The Morgan fingerprint density at radius 3 is 2.82 bits per heavy atom. The van der Waals surface area contributed by atoms with E-state index in [4.69, 9.17) is 14.2 Å². The molecule has 0 unspecified atom stereocenters. The molecule has 1 aromatic carbocycles. The number of alkyl halides is 1. The zero-order valence-corrected chi connectivity index (χ0v) is 9.66. The van der Waals surface area contributed by atoms with E-state index in [0.29, 0.717) is 5.75 Å². The Hall–Kier alpha value is -1.78. The predicted molar refractivity (Wildman–Crippen MR) is 58.0 cm³/mol. The molecule has 0 N–H and O–H groups in total. The molecule has 0 saturated carbocycles. The number of fused-ring (bicyclic) bond motifs is 1. The molecule has 0 fully saturated rings. The van der Waals surface area contributed by atoms with Crippen LogP contribution in [-0.2, 0) is 4.74 Å². The Balaban J connectivity index is 2.37. The zero-order valence-electron chi connectivity index (χ0n) is 9.66. The number of halogens is 1. The van der Waals surface area contributed by atoms with Crippen LogP contribution in [0.4, 0.5) is 4.39 Å². The van der Waals surface area contributed by atoms with Gasteiger partial charge in [0.25, 0.3) is 0 Å². The molecule has 1 aliphatic rings. The fourth-order valence-corrected chi connectivity index (χ4v) is 1.63. The average Bonchev–Trinajstić information content (AvgIpc) is 2.23. The lowest BCUT2D eigenvalue weighted by molar-refractivity contribution is -0.127. The van der Waals surface area contributed by atoms with Crippen LogP contribution < -0.4 is 9.47 Å². The third-order valence-electron chi connectivity index (χ3n) is 2.22. The lowest BCUT2D eigenvalue weighted by Gasteiger charge is -2.32. The molecule has 0 amide bonds. The first-order chi connectivity index (χ1) is 8.03. The van der Waals surface area contributed by atoms with Crippen LogP contribution >= 0.6 is 0 Å². The molecule has 5 heteroatoms. The van der Waals surface area contributed by atoms with E-state index < -0.39 is 18.4 Å². The van der Waals surface area contributed by atoms with Gasteiger partial charge in [0.05, 0.1) is 0 Å². The van der Waals surface area contributed by atoms with Gasteiger partial charge in [0.15, 0.2) is 0 Å². The molecule has 1 heterocycles. The van der Waals surface area contributed by atoms with Crippen molar-refractivity contribution >= 4 is 5.97 Å². The van der Waals surface area contributed by atoms with Gasteiger partial charge in [-0.1, -0.05) is 6.07 Å². The Kier molecular flexibility index (Phi) is 2.92. The second-order valence-electron chi connectivity index (χ2n) is 4.06. The van der Waals surface area contributed by atoms with Gasteiger partial charge in [-0.25, -0.2) is 9.18 Å². The van der Waals surface area contributed by atoms with Gasteiger partial charge in [0.1, 0.15) is 30.3 Å². The molecule has 1 aromatic rings. The number of hydrogen-bond acceptors (Lipinski definition) is 4. The summed E-state index contributed by atoms with van der Waals surface area (Å²) in [6, 6.07) is 4.92. The summed E-state index contributed by atoms with van der Waals surface area (Å²) in [6.07, 6.45) is 0. The van der Waals surface area contributed by atoms with Crippen LogP contribution in [0.3, 0.4) is 0 Å². The maximum atomic E-state index is 12.1. The van der Waals surface area contributed by atoms with Crippen LogP contribution in [0.5, 0.6) is 11.5 Å². The van der Waals surface area contributed by atoms with E-state index in [-0.39, 0.29) is 17.9 Å².